The summed E-state index contributed by atoms with van der Waals surface area (Å²) in [7, 11) is 0. The fourth-order valence-electron chi connectivity index (χ4n) is 1.51. The van der Waals surface area contributed by atoms with Gasteiger partial charge in [0.1, 0.15) is 0 Å². The van der Waals surface area contributed by atoms with Crippen molar-refractivity contribution in [2.24, 2.45) is 17.1 Å². The van der Waals surface area contributed by atoms with Crippen molar-refractivity contribution in [3.8, 4) is 0 Å². The normalized spacial score (nSPS) is 19.3. The summed E-state index contributed by atoms with van der Waals surface area (Å²) in [4.78, 5) is 12.1. The van der Waals surface area contributed by atoms with E-state index in [4.69, 9.17) is 18.0 Å². The Morgan fingerprint density at radius 3 is 2.60 bits per heavy atom. The van der Waals surface area contributed by atoms with Crippen LogP contribution in [0.4, 0.5) is 0 Å². The van der Waals surface area contributed by atoms with E-state index in [0.29, 0.717) is 10.4 Å². The minimum Gasteiger partial charge on any atom is -0.393 e. The van der Waals surface area contributed by atoms with E-state index in [9.17, 15) is 4.79 Å². The van der Waals surface area contributed by atoms with E-state index >= 15 is 0 Å². The Bertz CT molecular complexity index is 261. The summed E-state index contributed by atoms with van der Waals surface area (Å²) in [6.07, 6.45) is 4.09. The van der Waals surface area contributed by atoms with Crippen molar-refractivity contribution in [3.05, 3.63) is 0 Å². The molecule has 1 aliphatic carbocycles. The van der Waals surface area contributed by atoms with Crippen molar-refractivity contribution < 1.29 is 4.79 Å². The third-order valence-corrected chi connectivity index (χ3v) is 3.31. The molecule has 0 aromatic heterocycles. The van der Waals surface area contributed by atoms with Crippen molar-refractivity contribution in [2.45, 2.75) is 39.5 Å². The lowest BCUT2D eigenvalue weighted by atomic mass is 10.0. The van der Waals surface area contributed by atoms with Crippen LogP contribution in [0.2, 0.25) is 0 Å². The van der Waals surface area contributed by atoms with Gasteiger partial charge in [0.05, 0.1) is 10.9 Å². The molecule has 1 fully saturated rings. The lowest BCUT2D eigenvalue weighted by Gasteiger charge is -2.16. The second-order valence-corrected chi connectivity index (χ2v) is 5.24. The topological polar surface area (TPSA) is 55.1 Å². The molecule has 1 aliphatic rings. The molecule has 1 saturated carbocycles. The molecule has 3 nitrogen and oxygen atoms in total. The molecule has 15 heavy (non-hydrogen) atoms. The van der Waals surface area contributed by atoms with Gasteiger partial charge in [-0.1, -0.05) is 32.5 Å². The predicted octanol–water partition coefficient (Wildman–Crippen LogP) is 1.61. The summed E-state index contributed by atoms with van der Waals surface area (Å²) in [5.74, 6) is -0.287. The smallest absolute Gasteiger partial charge is 0.229 e. The molecule has 0 bridgehead atoms. The van der Waals surface area contributed by atoms with Crippen LogP contribution in [0.1, 0.15) is 39.5 Å². The van der Waals surface area contributed by atoms with Gasteiger partial charge >= 0.3 is 0 Å². The van der Waals surface area contributed by atoms with E-state index in [0.717, 1.165) is 19.4 Å². The maximum atomic E-state index is 11.8. The maximum absolute atomic E-state index is 11.8. The Morgan fingerprint density at radius 1 is 1.60 bits per heavy atom. The van der Waals surface area contributed by atoms with Crippen LogP contribution in [0.3, 0.4) is 0 Å². The molecule has 1 amide bonds. The van der Waals surface area contributed by atoms with Gasteiger partial charge in [0.25, 0.3) is 0 Å². The third kappa shape index (κ3) is 3.78. The van der Waals surface area contributed by atoms with Crippen molar-refractivity contribution in [1.29, 1.82) is 0 Å². The van der Waals surface area contributed by atoms with E-state index < -0.39 is 0 Å². The number of thiocarbonyl (C=S) groups is 1. The lowest BCUT2D eigenvalue weighted by Crippen LogP contribution is -2.39. The monoisotopic (exact) mass is 228 g/mol. The highest BCUT2D eigenvalue weighted by Crippen LogP contribution is 2.44. The van der Waals surface area contributed by atoms with Gasteiger partial charge in [0.15, 0.2) is 0 Å². The van der Waals surface area contributed by atoms with Crippen molar-refractivity contribution in [1.82, 2.24) is 5.32 Å². The van der Waals surface area contributed by atoms with Crippen molar-refractivity contribution in [2.75, 3.05) is 6.54 Å². The summed E-state index contributed by atoms with van der Waals surface area (Å²) in [5.41, 5.74) is 5.89. The Morgan fingerprint density at radius 2 is 2.20 bits per heavy atom. The average Bonchev–Trinajstić information content (AvgIpc) is 2.89. The quantitative estimate of drug-likeness (QED) is 0.679. The van der Waals surface area contributed by atoms with Crippen LogP contribution in [-0.2, 0) is 4.79 Å². The molecule has 0 radical (unpaired) electrons. The number of carbonyl (C=O) groups is 1. The summed E-state index contributed by atoms with van der Waals surface area (Å²) in [6, 6.07) is 0. The fourth-order valence-corrected chi connectivity index (χ4v) is 1.73. The SMILES string of the molecule is CCCC(C(=O)NCC1(C)CC1)C(N)=S. The van der Waals surface area contributed by atoms with Crippen LogP contribution < -0.4 is 11.1 Å². The number of amides is 1. The number of rotatable bonds is 6. The summed E-state index contributed by atoms with van der Waals surface area (Å²) < 4.78 is 0. The molecule has 86 valence electrons. The van der Waals surface area contributed by atoms with Crippen molar-refractivity contribution in [3.63, 3.8) is 0 Å². The largest absolute Gasteiger partial charge is 0.393 e. The standard InChI is InChI=1S/C11H20N2OS/c1-3-4-8(9(12)15)10(14)13-7-11(2)5-6-11/h8H,3-7H2,1-2H3,(H2,12,15)(H,13,14). The zero-order valence-electron chi connectivity index (χ0n) is 9.51. The lowest BCUT2D eigenvalue weighted by molar-refractivity contribution is -0.123. The first-order valence-electron chi connectivity index (χ1n) is 5.55. The Labute approximate surface area is 96.8 Å². The molecule has 0 saturated heterocycles. The highest BCUT2D eigenvalue weighted by atomic mass is 32.1. The fraction of sp³-hybridized carbons (Fsp3) is 0.818. The first-order chi connectivity index (χ1) is 6.98. The second-order valence-electron chi connectivity index (χ2n) is 4.77. The van der Waals surface area contributed by atoms with Crippen LogP contribution in [0.25, 0.3) is 0 Å². The average molecular weight is 228 g/mol. The van der Waals surface area contributed by atoms with Gasteiger partial charge in [-0.2, -0.15) is 0 Å². The minimum atomic E-state index is -0.285. The van der Waals surface area contributed by atoms with E-state index in [1.54, 1.807) is 0 Å². The summed E-state index contributed by atoms with van der Waals surface area (Å²) >= 11 is 4.90. The Balaban J connectivity index is 2.38. The molecule has 0 heterocycles. The molecule has 1 atom stereocenters. The first kappa shape index (κ1) is 12.4. The number of nitrogens with two attached hydrogens (primary N) is 1. The number of nitrogens with one attached hydrogen (secondary N) is 1. The van der Waals surface area contributed by atoms with Crippen LogP contribution in [0, 0.1) is 11.3 Å². The minimum absolute atomic E-state index is 0.00234. The Hall–Kier alpha value is -0.640. The number of carbonyl (C=O) groups excluding carboxylic acids is 1. The Kier molecular flexibility index (Phi) is 4.08. The molecule has 3 N–H and O–H groups in total. The second kappa shape index (κ2) is 4.92. The third-order valence-electron chi connectivity index (χ3n) is 3.03. The van der Waals surface area contributed by atoms with Crippen LogP contribution in [0.5, 0.6) is 0 Å². The molecular formula is C11H20N2OS. The first-order valence-corrected chi connectivity index (χ1v) is 5.96. The zero-order chi connectivity index (χ0) is 11.5. The highest BCUT2D eigenvalue weighted by Gasteiger charge is 2.37. The molecule has 0 aromatic carbocycles. The zero-order valence-corrected chi connectivity index (χ0v) is 10.3. The predicted molar refractivity (Wildman–Crippen MR) is 65.5 cm³/mol. The van der Waals surface area contributed by atoms with E-state index in [-0.39, 0.29) is 11.8 Å². The van der Waals surface area contributed by atoms with Crippen LogP contribution >= 0.6 is 12.2 Å². The van der Waals surface area contributed by atoms with E-state index in [1.165, 1.54) is 12.8 Å². The van der Waals surface area contributed by atoms with Gasteiger partial charge in [-0.15, -0.1) is 0 Å². The highest BCUT2D eigenvalue weighted by molar-refractivity contribution is 7.80. The molecule has 0 aliphatic heterocycles. The van der Waals surface area contributed by atoms with Crippen LogP contribution in [-0.4, -0.2) is 17.4 Å². The molecule has 1 rings (SSSR count). The van der Waals surface area contributed by atoms with E-state index in [2.05, 4.69) is 12.2 Å². The number of hydrogen-bond acceptors (Lipinski definition) is 2. The number of hydrogen-bond donors (Lipinski definition) is 2. The van der Waals surface area contributed by atoms with Gasteiger partial charge in [0, 0.05) is 6.54 Å². The molecule has 4 heteroatoms. The van der Waals surface area contributed by atoms with Crippen LogP contribution in [0.15, 0.2) is 0 Å². The molecule has 0 spiro atoms. The summed E-state index contributed by atoms with van der Waals surface area (Å²) in [6.45, 7) is 4.97. The van der Waals surface area contributed by atoms with E-state index in [1.807, 2.05) is 6.92 Å². The van der Waals surface area contributed by atoms with Gasteiger partial charge in [-0.25, -0.2) is 0 Å². The molecular weight excluding hydrogens is 208 g/mol. The molecule has 0 aromatic rings. The van der Waals surface area contributed by atoms with Gasteiger partial charge in [-0.05, 0) is 24.7 Å². The van der Waals surface area contributed by atoms with Crippen molar-refractivity contribution >= 4 is 23.1 Å². The van der Waals surface area contributed by atoms with Gasteiger partial charge in [-0.3, -0.25) is 4.79 Å². The molecule has 1 unspecified atom stereocenters. The van der Waals surface area contributed by atoms with Gasteiger partial charge in [0.2, 0.25) is 5.91 Å². The summed E-state index contributed by atoms with van der Waals surface area (Å²) in [5, 5.41) is 2.94. The van der Waals surface area contributed by atoms with Gasteiger partial charge < -0.3 is 11.1 Å². The maximum Gasteiger partial charge on any atom is 0.229 e.